The van der Waals surface area contributed by atoms with E-state index in [-0.39, 0.29) is 16.8 Å². The number of phenols is 1. The van der Waals surface area contributed by atoms with Crippen molar-refractivity contribution in [2.24, 2.45) is 10.2 Å². The van der Waals surface area contributed by atoms with Crippen LogP contribution in [0.25, 0.3) is 10.8 Å². The van der Waals surface area contributed by atoms with Crippen LogP contribution in [0.15, 0.2) is 69.7 Å². The number of fused-ring (bicyclic) bond motifs is 1. The van der Waals surface area contributed by atoms with E-state index in [9.17, 15) is 18.1 Å². The predicted molar refractivity (Wildman–Crippen MR) is 100.0 cm³/mol. The molecule has 0 aliphatic rings. The summed E-state index contributed by atoms with van der Waals surface area (Å²) in [6.07, 6.45) is 0. The van der Waals surface area contributed by atoms with Crippen molar-refractivity contribution >= 4 is 38.0 Å². The molecule has 7 nitrogen and oxygen atoms in total. The fourth-order valence-electron chi connectivity index (χ4n) is 2.27. The first-order valence-corrected chi connectivity index (χ1v) is 9.25. The van der Waals surface area contributed by atoms with Gasteiger partial charge >= 0.3 is 0 Å². The Kier molecular flexibility index (Phi) is 5.91. The van der Waals surface area contributed by atoms with Crippen LogP contribution >= 0.6 is 0 Å². The largest absolute Gasteiger partial charge is 0.744 e. The van der Waals surface area contributed by atoms with E-state index in [2.05, 4.69) is 10.2 Å². The molecule has 0 fully saturated rings. The molecule has 0 unspecified atom stereocenters. The van der Waals surface area contributed by atoms with Gasteiger partial charge in [0.15, 0.2) is 0 Å². The van der Waals surface area contributed by atoms with Gasteiger partial charge in [-0.05, 0) is 35.7 Å². The monoisotopic (exact) mass is 372 g/mol. The van der Waals surface area contributed by atoms with Crippen LogP contribution in [0.5, 0.6) is 5.75 Å². The topological polar surface area (TPSA) is 128 Å². The summed E-state index contributed by atoms with van der Waals surface area (Å²) in [7, 11) is -4.69. The van der Waals surface area contributed by atoms with Crippen LogP contribution in [-0.4, -0.2) is 18.1 Å². The lowest BCUT2D eigenvalue weighted by Crippen LogP contribution is -1.98. The zero-order valence-electron chi connectivity index (χ0n) is 14.2. The number of nitrogen functional groups attached to an aromatic ring is 1. The number of nitrogens with two attached hydrogens (primary N) is 1. The van der Waals surface area contributed by atoms with Gasteiger partial charge in [0, 0.05) is 0 Å². The van der Waals surface area contributed by atoms with Crippen LogP contribution in [0.4, 0.5) is 17.1 Å². The van der Waals surface area contributed by atoms with E-state index >= 15 is 0 Å². The van der Waals surface area contributed by atoms with E-state index in [1.54, 1.807) is 24.3 Å². The number of rotatable bonds is 3. The van der Waals surface area contributed by atoms with Crippen molar-refractivity contribution in [1.29, 1.82) is 0 Å². The first kappa shape index (κ1) is 19.4. The standard InChI is InChI=1S/C16H13N3O4S.C2H6/c17-13-7-6-10-8-12(24(21,22)23)9-14(20)15(10)16(13)19-18-11-4-2-1-3-5-11;1-2/h1-9,20H,17H2,(H,21,22,23);1-2H3/p-1. The van der Waals surface area contributed by atoms with Crippen LogP contribution < -0.4 is 5.73 Å². The molecule has 8 heteroatoms. The molecule has 136 valence electrons. The van der Waals surface area contributed by atoms with E-state index in [4.69, 9.17) is 5.73 Å². The van der Waals surface area contributed by atoms with Gasteiger partial charge in [-0.15, -0.1) is 5.11 Å². The normalized spacial score (nSPS) is 11.3. The number of benzene rings is 3. The van der Waals surface area contributed by atoms with Gasteiger partial charge in [-0.25, -0.2) is 8.42 Å². The third-order valence-corrected chi connectivity index (χ3v) is 4.20. The highest BCUT2D eigenvalue weighted by Gasteiger charge is 2.13. The second-order valence-corrected chi connectivity index (χ2v) is 6.41. The van der Waals surface area contributed by atoms with Crippen LogP contribution in [0.1, 0.15) is 13.8 Å². The molecule has 3 aromatic carbocycles. The molecule has 0 heterocycles. The summed E-state index contributed by atoms with van der Waals surface area (Å²) in [4.78, 5) is -0.525. The molecule has 0 amide bonds. The summed E-state index contributed by atoms with van der Waals surface area (Å²) >= 11 is 0. The third kappa shape index (κ3) is 4.16. The number of nitrogens with zero attached hydrogens (tertiary/aromatic N) is 2. The minimum Gasteiger partial charge on any atom is -0.744 e. The molecule has 0 bridgehead atoms. The van der Waals surface area contributed by atoms with E-state index in [0.29, 0.717) is 11.1 Å². The maximum Gasteiger partial charge on any atom is 0.126 e. The number of anilines is 1. The summed E-state index contributed by atoms with van der Waals surface area (Å²) in [6, 6.07) is 14.0. The molecule has 0 aromatic heterocycles. The van der Waals surface area contributed by atoms with E-state index in [0.717, 1.165) is 6.07 Å². The number of aromatic hydroxyl groups is 1. The minimum atomic E-state index is -4.69. The van der Waals surface area contributed by atoms with Gasteiger partial charge in [-0.3, -0.25) is 0 Å². The fraction of sp³-hybridized carbons (Fsp3) is 0.111. The summed E-state index contributed by atoms with van der Waals surface area (Å²) in [5.41, 5.74) is 6.95. The van der Waals surface area contributed by atoms with Gasteiger partial charge in [0.1, 0.15) is 21.6 Å². The lowest BCUT2D eigenvalue weighted by molar-refractivity contribution is 0.458. The zero-order chi connectivity index (χ0) is 19.3. The first-order chi connectivity index (χ1) is 12.4. The molecule has 0 saturated carbocycles. The minimum absolute atomic E-state index is 0.198. The van der Waals surface area contributed by atoms with Gasteiger partial charge in [-0.2, -0.15) is 5.11 Å². The Hall–Kier alpha value is -2.97. The van der Waals surface area contributed by atoms with Gasteiger partial charge in [0.05, 0.1) is 21.7 Å². The molecule has 0 atom stereocenters. The molecule has 26 heavy (non-hydrogen) atoms. The maximum absolute atomic E-state index is 11.2. The molecular formula is C18H18N3O4S-. The number of azo groups is 1. The molecule has 0 aliphatic heterocycles. The maximum atomic E-state index is 11.2. The third-order valence-electron chi connectivity index (χ3n) is 3.38. The summed E-state index contributed by atoms with van der Waals surface area (Å²) in [6.45, 7) is 4.00. The molecule has 3 N–H and O–H groups in total. The molecule has 0 aliphatic carbocycles. The van der Waals surface area contributed by atoms with Crippen LogP contribution in [-0.2, 0) is 10.1 Å². The average Bonchev–Trinajstić information content (AvgIpc) is 2.63. The van der Waals surface area contributed by atoms with Crippen molar-refractivity contribution in [2.75, 3.05) is 5.73 Å². The number of hydrogen-bond donors (Lipinski definition) is 2. The molecular weight excluding hydrogens is 354 g/mol. The summed E-state index contributed by atoms with van der Waals surface area (Å²) in [5.74, 6) is -0.406. The van der Waals surface area contributed by atoms with Gasteiger partial charge in [0.2, 0.25) is 0 Å². The molecule has 3 aromatic rings. The quantitative estimate of drug-likeness (QED) is 0.398. The highest BCUT2D eigenvalue weighted by molar-refractivity contribution is 7.85. The van der Waals surface area contributed by atoms with Gasteiger partial charge in [0.25, 0.3) is 0 Å². The van der Waals surface area contributed by atoms with E-state index in [1.165, 1.54) is 18.2 Å². The van der Waals surface area contributed by atoms with Gasteiger partial charge < -0.3 is 15.4 Å². The molecule has 3 rings (SSSR count). The predicted octanol–water partition coefficient (Wildman–Crippen LogP) is 4.47. The Labute approximate surface area is 151 Å². The van der Waals surface area contributed by atoms with Crippen molar-refractivity contribution in [1.82, 2.24) is 0 Å². The number of phenolic OH excluding ortho intramolecular Hbond substituents is 1. The fourth-order valence-corrected chi connectivity index (χ4v) is 2.80. The smallest absolute Gasteiger partial charge is 0.126 e. The van der Waals surface area contributed by atoms with Gasteiger partial charge in [-0.1, -0.05) is 38.1 Å². The molecule has 0 spiro atoms. The van der Waals surface area contributed by atoms with E-state index in [1.807, 2.05) is 19.9 Å². The van der Waals surface area contributed by atoms with Crippen molar-refractivity contribution in [2.45, 2.75) is 18.7 Å². The zero-order valence-corrected chi connectivity index (χ0v) is 15.1. The Morgan fingerprint density at radius 3 is 2.27 bits per heavy atom. The van der Waals surface area contributed by atoms with Crippen LogP contribution in [0.3, 0.4) is 0 Å². The highest BCUT2D eigenvalue weighted by atomic mass is 32.2. The Morgan fingerprint density at radius 1 is 1.00 bits per heavy atom. The SMILES string of the molecule is CC.Nc1ccc2cc(S(=O)(=O)[O-])cc(O)c2c1N=Nc1ccccc1. The van der Waals surface area contributed by atoms with Crippen molar-refractivity contribution < 1.29 is 18.1 Å². The summed E-state index contributed by atoms with van der Waals surface area (Å²) < 4.78 is 33.5. The second kappa shape index (κ2) is 7.94. The lowest BCUT2D eigenvalue weighted by Gasteiger charge is -2.12. The van der Waals surface area contributed by atoms with E-state index < -0.39 is 20.8 Å². The Balaban J connectivity index is 0.00000117. The highest BCUT2D eigenvalue weighted by Crippen LogP contribution is 2.40. The van der Waals surface area contributed by atoms with Crippen molar-refractivity contribution in [3.8, 4) is 5.75 Å². The summed E-state index contributed by atoms with van der Waals surface area (Å²) in [5, 5.41) is 18.8. The van der Waals surface area contributed by atoms with Crippen LogP contribution in [0.2, 0.25) is 0 Å². The van der Waals surface area contributed by atoms with Crippen LogP contribution in [0, 0.1) is 0 Å². The average molecular weight is 372 g/mol. The molecule has 0 saturated heterocycles. The lowest BCUT2D eigenvalue weighted by atomic mass is 10.1. The molecule has 0 radical (unpaired) electrons. The second-order valence-electron chi connectivity index (χ2n) is 5.03. The number of hydrogen-bond acceptors (Lipinski definition) is 7. The Morgan fingerprint density at radius 2 is 1.65 bits per heavy atom. The Bertz CT molecular complexity index is 1050. The van der Waals surface area contributed by atoms with Crippen molar-refractivity contribution in [3.05, 3.63) is 54.6 Å². The van der Waals surface area contributed by atoms with Crippen molar-refractivity contribution in [3.63, 3.8) is 0 Å². The first-order valence-electron chi connectivity index (χ1n) is 7.84.